The molecule has 1 aliphatic carbocycles. The summed E-state index contributed by atoms with van der Waals surface area (Å²) in [5.41, 5.74) is 0.903. The highest BCUT2D eigenvalue weighted by molar-refractivity contribution is 6.33. The Bertz CT molecular complexity index is 1140. The van der Waals surface area contributed by atoms with Crippen molar-refractivity contribution in [3.8, 4) is 0 Å². The van der Waals surface area contributed by atoms with Crippen LogP contribution in [-0.2, 0) is 6.18 Å². The van der Waals surface area contributed by atoms with E-state index in [2.05, 4.69) is 22.5 Å². The van der Waals surface area contributed by atoms with Gasteiger partial charge in [0.05, 0.1) is 22.7 Å². The fourth-order valence-corrected chi connectivity index (χ4v) is 4.84. The summed E-state index contributed by atoms with van der Waals surface area (Å²) < 4.78 is 52.2. The van der Waals surface area contributed by atoms with Gasteiger partial charge in [-0.3, -0.25) is 9.79 Å². The van der Waals surface area contributed by atoms with Crippen LogP contribution in [0.3, 0.4) is 0 Å². The Morgan fingerprint density at radius 1 is 1.14 bits per heavy atom. The Balaban J connectivity index is 1.28. The third-order valence-corrected chi connectivity index (χ3v) is 7.04. The molecule has 2 aromatic carbocycles. The van der Waals surface area contributed by atoms with Gasteiger partial charge in [-0.25, -0.2) is 4.39 Å². The van der Waals surface area contributed by atoms with Crippen LogP contribution in [0.4, 0.5) is 17.6 Å². The highest BCUT2D eigenvalue weighted by atomic mass is 35.5. The van der Waals surface area contributed by atoms with E-state index in [0.29, 0.717) is 18.4 Å². The lowest BCUT2D eigenvalue weighted by Gasteiger charge is -2.35. The molecule has 1 aliphatic heterocycles. The number of hydrogen-bond donors (Lipinski definition) is 2. The molecule has 186 valence electrons. The first-order valence-corrected chi connectivity index (χ1v) is 11.9. The van der Waals surface area contributed by atoms with Crippen LogP contribution in [-0.4, -0.2) is 30.9 Å². The van der Waals surface area contributed by atoms with Crippen LogP contribution < -0.4 is 10.6 Å². The Kier molecular flexibility index (Phi) is 7.50. The first-order valence-electron chi connectivity index (χ1n) is 11.5. The molecular weight excluding hydrogens is 482 g/mol. The van der Waals surface area contributed by atoms with E-state index in [4.69, 9.17) is 11.6 Å². The molecule has 0 saturated heterocycles. The quantitative estimate of drug-likeness (QED) is 0.479. The SMILES string of the molecule is C[C@H]1CC(NC(=O)c2cc(C(F)(F)F)ccc2Cl)CC[C@@H]1CNC1=NCC(c2ccc(F)cc2)=C1. The van der Waals surface area contributed by atoms with Gasteiger partial charge in [0.1, 0.15) is 11.7 Å². The van der Waals surface area contributed by atoms with E-state index in [1.165, 1.54) is 12.1 Å². The zero-order valence-corrected chi connectivity index (χ0v) is 19.9. The number of amidine groups is 1. The number of alkyl halides is 3. The molecule has 35 heavy (non-hydrogen) atoms. The summed E-state index contributed by atoms with van der Waals surface area (Å²) in [6.45, 7) is 3.38. The maximum Gasteiger partial charge on any atom is 0.416 e. The van der Waals surface area contributed by atoms with Crippen molar-refractivity contribution >= 4 is 28.9 Å². The van der Waals surface area contributed by atoms with Crippen LogP contribution in [0.2, 0.25) is 5.02 Å². The van der Waals surface area contributed by atoms with E-state index in [0.717, 1.165) is 61.0 Å². The number of halogens is 5. The van der Waals surface area contributed by atoms with E-state index < -0.39 is 17.6 Å². The molecule has 1 amide bonds. The minimum absolute atomic E-state index is 0.00756. The molecule has 9 heteroatoms. The van der Waals surface area contributed by atoms with Crippen molar-refractivity contribution in [2.75, 3.05) is 13.1 Å². The minimum Gasteiger partial charge on any atom is -0.370 e. The average Bonchev–Trinajstić information content (AvgIpc) is 3.27. The molecule has 4 nitrogen and oxygen atoms in total. The van der Waals surface area contributed by atoms with Crippen molar-refractivity contribution in [3.05, 3.63) is 76.1 Å². The predicted molar refractivity (Wildman–Crippen MR) is 129 cm³/mol. The van der Waals surface area contributed by atoms with Gasteiger partial charge in [0.2, 0.25) is 0 Å². The van der Waals surface area contributed by atoms with Crippen LogP contribution in [0.15, 0.2) is 53.5 Å². The van der Waals surface area contributed by atoms with Crippen molar-refractivity contribution in [3.63, 3.8) is 0 Å². The number of amides is 1. The van der Waals surface area contributed by atoms with Gasteiger partial charge < -0.3 is 10.6 Å². The van der Waals surface area contributed by atoms with Crippen LogP contribution in [0.1, 0.15) is 47.7 Å². The normalized spacial score (nSPS) is 22.4. The Hall–Kier alpha value is -2.87. The van der Waals surface area contributed by atoms with Gasteiger partial charge in [-0.1, -0.05) is 30.7 Å². The number of aliphatic imine (C=N–C) groups is 1. The number of nitrogens with zero attached hydrogens (tertiary/aromatic N) is 1. The highest BCUT2D eigenvalue weighted by Crippen LogP contribution is 2.33. The van der Waals surface area contributed by atoms with E-state index in [9.17, 15) is 22.4 Å². The minimum atomic E-state index is -4.54. The summed E-state index contributed by atoms with van der Waals surface area (Å²) in [5, 5.41) is 6.24. The molecule has 0 radical (unpaired) electrons. The van der Waals surface area contributed by atoms with Crippen molar-refractivity contribution in [2.45, 2.75) is 38.4 Å². The van der Waals surface area contributed by atoms with Crippen LogP contribution in [0, 0.1) is 17.7 Å². The molecule has 1 fully saturated rings. The summed E-state index contributed by atoms with van der Waals surface area (Å²) >= 11 is 6.00. The second kappa shape index (κ2) is 10.4. The summed E-state index contributed by atoms with van der Waals surface area (Å²) in [4.78, 5) is 17.2. The summed E-state index contributed by atoms with van der Waals surface area (Å²) in [7, 11) is 0. The number of benzene rings is 2. The Labute approximate surface area is 206 Å². The Morgan fingerprint density at radius 3 is 2.57 bits per heavy atom. The lowest BCUT2D eigenvalue weighted by atomic mass is 9.78. The standard InChI is InChI=1S/C26H26ClF4N3O/c1-15-10-21(34-25(35)22-12-19(26(29,30)31)5-9-23(22)27)8-4-17(15)13-32-24-11-18(14-33-24)16-2-6-20(28)7-3-16/h2-3,5-7,9,11-12,15,17,21H,4,8,10,13-14H2,1H3,(H,32,33)(H,34,35)/t15-,17+,21?/m0/s1. The second-order valence-electron chi connectivity index (χ2n) is 9.17. The van der Waals surface area contributed by atoms with E-state index in [1.807, 2.05) is 6.08 Å². The molecule has 1 saturated carbocycles. The summed E-state index contributed by atoms with van der Waals surface area (Å²) in [6.07, 6.45) is -0.266. The van der Waals surface area contributed by atoms with Crippen molar-refractivity contribution < 1.29 is 22.4 Å². The van der Waals surface area contributed by atoms with Crippen molar-refractivity contribution in [2.24, 2.45) is 16.8 Å². The molecule has 1 heterocycles. The predicted octanol–water partition coefficient (Wildman–Crippen LogP) is 6.12. The second-order valence-corrected chi connectivity index (χ2v) is 9.58. The molecule has 3 atom stereocenters. The molecular formula is C26H26ClF4N3O. The number of hydrogen-bond acceptors (Lipinski definition) is 3. The van der Waals surface area contributed by atoms with E-state index >= 15 is 0 Å². The monoisotopic (exact) mass is 507 g/mol. The van der Waals surface area contributed by atoms with Crippen molar-refractivity contribution in [1.82, 2.24) is 10.6 Å². The molecule has 2 aromatic rings. The van der Waals surface area contributed by atoms with Gasteiger partial charge in [-0.2, -0.15) is 13.2 Å². The van der Waals surface area contributed by atoms with Gasteiger partial charge in [-0.15, -0.1) is 0 Å². The fraction of sp³-hybridized carbons (Fsp3) is 0.385. The maximum absolute atomic E-state index is 13.1. The van der Waals surface area contributed by atoms with Gasteiger partial charge in [-0.05, 0) is 78.6 Å². The molecule has 0 spiro atoms. The molecule has 0 bridgehead atoms. The van der Waals surface area contributed by atoms with Gasteiger partial charge >= 0.3 is 6.18 Å². The average molecular weight is 508 g/mol. The lowest BCUT2D eigenvalue weighted by molar-refractivity contribution is -0.137. The van der Waals surface area contributed by atoms with Gasteiger partial charge in [0.15, 0.2) is 0 Å². The first-order chi connectivity index (χ1) is 16.6. The van der Waals surface area contributed by atoms with Gasteiger partial charge in [0.25, 0.3) is 5.91 Å². The maximum atomic E-state index is 13.1. The zero-order chi connectivity index (χ0) is 25.2. The molecule has 1 unspecified atom stereocenters. The van der Waals surface area contributed by atoms with Crippen molar-refractivity contribution in [1.29, 1.82) is 0 Å². The lowest BCUT2D eigenvalue weighted by Crippen LogP contribution is -2.42. The van der Waals surface area contributed by atoms with Crippen LogP contribution in [0.5, 0.6) is 0 Å². The number of rotatable bonds is 5. The van der Waals surface area contributed by atoms with Crippen LogP contribution in [0.25, 0.3) is 5.57 Å². The van der Waals surface area contributed by atoms with E-state index in [-0.39, 0.29) is 22.4 Å². The summed E-state index contributed by atoms with van der Waals surface area (Å²) in [6, 6.07) is 8.98. The number of nitrogens with one attached hydrogen (secondary N) is 2. The smallest absolute Gasteiger partial charge is 0.370 e. The largest absolute Gasteiger partial charge is 0.416 e. The van der Waals surface area contributed by atoms with Crippen LogP contribution >= 0.6 is 11.6 Å². The Morgan fingerprint density at radius 2 is 1.89 bits per heavy atom. The summed E-state index contributed by atoms with van der Waals surface area (Å²) in [5.74, 6) is 0.595. The molecule has 2 N–H and O–H groups in total. The third kappa shape index (κ3) is 6.23. The molecule has 0 aromatic heterocycles. The number of carbonyl (C=O) groups excluding carboxylic acids is 1. The first kappa shape index (κ1) is 25.2. The number of carbonyl (C=O) groups is 1. The zero-order valence-electron chi connectivity index (χ0n) is 19.1. The molecule has 4 rings (SSSR count). The highest BCUT2D eigenvalue weighted by Gasteiger charge is 2.33. The topological polar surface area (TPSA) is 53.5 Å². The third-order valence-electron chi connectivity index (χ3n) is 6.71. The van der Waals surface area contributed by atoms with E-state index in [1.54, 1.807) is 12.1 Å². The molecule has 2 aliphatic rings. The fourth-order valence-electron chi connectivity index (χ4n) is 4.64. The van der Waals surface area contributed by atoms with Gasteiger partial charge in [0, 0.05) is 12.6 Å².